The topological polar surface area (TPSA) is 35.0 Å². The van der Waals surface area contributed by atoms with Crippen LogP contribution in [-0.4, -0.2) is 21.4 Å². The van der Waals surface area contributed by atoms with Crippen molar-refractivity contribution in [3.8, 4) is 5.88 Å². The van der Waals surface area contributed by atoms with E-state index in [1.54, 1.807) is 0 Å². The number of alkyl halides is 1. The van der Waals surface area contributed by atoms with E-state index in [4.69, 9.17) is 16.3 Å². The largest absolute Gasteiger partial charge is 0.475 e. The molecular weight excluding hydrogens is 212 g/mol. The van der Waals surface area contributed by atoms with Crippen molar-refractivity contribution >= 4 is 11.6 Å². The summed E-state index contributed by atoms with van der Waals surface area (Å²) < 4.78 is 5.49. The van der Waals surface area contributed by atoms with Crippen LogP contribution in [0, 0.1) is 0 Å². The lowest BCUT2D eigenvalue weighted by Crippen LogP contribution is -2.10. The summed E-state index contributed by atoms with van der Waals surface area (Å²) in [6, 6.07) is 1.85. The molecule has 4 heteroatoms. The van der Waals surface area contributed by atoms with Gasteiger partial charge < -0.3 is 4.74 Å². The molecular formula is C11H17ClN2O. The summed E-state index contributed by atoms with van der Waals surface area (Å²) in [6.45, 7) is 7.93. The Balaban J connectivity index is 2.82. The second kappa shape index (κ2) is 5.31. The molecule has 0 aliphatic rings. The molecule has 1 aromatic rings. The van der Waals surface area contributed by atoms with E-state index in [9.17, 15) is 0 Å². The average Bonchev–Trinajstić information content (AvgIpc) is 2.16. The minimum absolute atomic E-state index is 0.0480. The van der Waals surface area contributed by atoms with Gasteiger partial charge in [-0.05, 0) is 20.8 Å². The average molecular weight is 229 g/mol. The Labute approximate surface area is 95.8 Å². The molecule has 3 nitrogen and oxygen atoms in total. The Morgan fingerprint density at radius 1 is 1.20 bits per heavy atom. The maximum Gasteiger partial charge on any atom is 0.216 e. The van der Waals surface area contributed by atoms with Gasteiger partial charge in [-0.3, -0.25) is 0 Å². The zero-order valence-corrected chi connectivity index (χ0v) is 10.3. The molecule has 0 fully saturated rings. The molecule has 0 N–H and O–H groups in total. The maximum absolute atomic E-state index is 6.02. The van der Waals surface area contributed by atoms with Gasteiger partial charge in [0.25, 0.3) is 0 Å². The van der Waals surface area contributed by atoms with E-state index < -0.39 is 0 Å². The first-order chi connectivity index (χ1) is 7.00. The summed E-state index contributed by atoms with van der Waals surface area (Å²) >= 11 is 6.02. The zero-order valence-electron chi connectivity index (χ0n) is 9.57. The van der Waals surface area contributed by atoms with Crippen LogP contribution in [0.25, 0.3) is 0 Å². The highest BCUT2D eigenvalue weighted by atomic mass is 35.5. The van der Waals surface area contributed by atoms with Crippen LogP contribution < -0.4 is 4.74 Å². The summed E-state index contributed by atoms with van der Waals surface area (Å²) in [5.41, 5.74) is 0.920. The highest BCUT2D eigenvalue weighted by molar-refractivity contribution is 6.20. The van der Waals surface area contributed by atoms with E-state index in [1.165, 1.54) is 6.33 Å². The van der Waals surface area contributed by atoms with Crippen molar-refractivity contribution in [3.63, 3.8) is 0 Å². The molecule has 0 aliphatic heterocycles. The summed E-state index contributed by atoms with van der Waals surface area (Å²) in [4.78, 5) is 8.24. The Morgan fingerprint density at radius 3 is 2.40 bits per heavy atom. The third-order valence-electron chi connectivity index (χ3n) is 2.18. The Morgan fingerprint density at radius 2 is 1.87 bits per heavy atom. The van der Waals surface area contributed by atoms with Gasteiger partial charge in [0.1, 0.15) is 6.33 Å². The van der Waals surface area contributed by atoms with E-state index >= 15 is 0 Å². The van der Waals surface area contributed by atoms with E-state index in [0.29, 0.717) is 5.88 Å². The van der Waals surface area contributed by atoms with Crippen molar-refractivity contribution in [1.29, 1.82) is 0 Å². The number of rotatable bonds is 4. The van der Waals surface area contributed by atoms with Crippen molar-refractivity contribution in [2.24, 2.45) is 0 Å². The van der Waals surface area contributed by atoms with E-state index in [0.717, 1.165) is 5.69 Å². The normalized spacial score (nSPS) is 15.1. The Bertz CT molecular complexity index is 315. The molecule has 0 radical (unpaired) electrons. The van der Waals surface area contributed by atoms with Crippen LogP contribution >= 0.6 is 11.6 Å². The van der Waals surface area contributed by atoms with E-state index in [1.807, 2.05) is 33.8 Å². The fourth-order valence-electron chi connectivity index (χ4n) is 1.14. The monoisotopic (exact) mass is 228 g/mol. The van der Waals surface area contributed by atoms with Gasteiger partial charge in [-0.2, -0.15) is 0 Å². The molecule has 2 atom stereocenters. The van der Waals surface area contributed by atoms with Crippen molar-refractivity contribution in [3.05, 3.63) is 18.1 Å². The summed E-state index contributed by atoms with van der Waals surface area (Å²) in [7, 11) is 0. The van der Waals surface area contributed by atoms with Gasteiger partial charge in [0.05, 0.1) is 11.8 Å². The third-order valence-corrected chi connectivity index (χ3v) is 2.55. The molecule has 1 rings (SSSR count). The lowest BCUT2D eigenvalue weighted by atomic mass is 10.0. The third kappa shape index (κ3) is 3.67. The minimum Gasteiger partial charge on any atom is -0.475 e. The van der Waals surface area contributed by atoms with E-state index in [2.05, 4.69) is 9.97 Å². The molecule has 0 spiro atoms. The van der Waals surface area contributed by atoms with Gasteiger partial charge in [-0.1, -0.05) is 6.92 Å². The van der Waals surface area contributed by atoms with Crippen LogP contribution in [0.1, 0.15) is 39.3 Å². The van der Waals surface area contributed by atoms with Crippen molar-refractivity contribution in [2.45, 2.75) is 45.1 Å². The first kappa shape index (κ1) is 12.2. The molecule has 0 amide bonds. The Kier molecular flexibility index (Phi) is 4.33. The number of hydrogen-bond donors (Lipinski definition) is 0. The van der Waals surface area contributed by atoms with Crippen LogP contribution in [0.3, 0.4) is 0 Å². The van der Waals surface area contributed by atoms with Crippen molar-refractivity contribution < 1.29 is 4.74 Å². The molecule has 0 aromatic carbocycles. The predicted molar refractivity (Wildman–Crippen MR) is 61.5 cm³/mol. The number of hydrogen-bond acceptors (Lipinski definition) is 3. The van der Waals surface area contributed by atoms with E-state index in [-0.39, 0.29) is 17.4 Å². The smallest absolute Gasteiger partial charge is 0.216 e. The molecule has 0 bridgehead atoms. The van der Waals surface area contributed by atoms with Crippen LogP contribution in [0.15, 0.2) is 12.4 Å². The van der Waals surface area contributed by atoms with Gasteiger partial charge in [0.2, 0.25) is 5.88 Å². The number of halogens is 1. The molecule has 0 aliphatic carbocycles. The lowest BCUT2D eigenvalue weighted by molar-refractivity contribution is 0.231. The molecule has 2 unspecified atom stereocenters. The summed E-state index contributed by atoms with van der Waals surface area (Å²) in [5.74, 6) is 0.809. The second-order valence-electron chi connectivity index (χ2n) is 3.91. The number of ether oxygens (including phenoxy) is 1. The van der Waals surface area contributed by atoms with Crippen LogP contribution in [-0.2, 0) is 0 Å². The van der Waals surface area contributed by atoms with Gasteiger partial charge in [-0.25, -0.2) is 9.97 Å². The zero-order chi connectivity index (χ0) is 11.4. The van der Waals surface area contributed by atoms with Gasteiger partial charge in [0.15, 0.2) is 0 Å². The fourth-order valence-corrected chi connectivity index (χ4v) is 1.27. The van der Waals surface area contributed by atoms with Crippen molar-refractivity contribution in [2.75, 3.05) is 0 Å². The van der Waals surface area contributed by atoms with Gasteiger partial charge >= 0.3 is 0 Å². The first-order valence-electron chi connectivity index (χ1n) is 5.13. The standard InChI is InChI=1S/C11H17ClN2O/c1-7(2)15-11-5-10(13-6-14-11)8(3)9(4)12/h5-9H,1-4H3. The van der Waals surface area contributed by atoms with Crippen molar-refractivity contribution in [1.82, 2.24) is 9.97 Å². The SMILES string of the molecule is CC(C)Oc1cc(C(C)C(C)Cl)ncn1. The lowest BCUT2D eigenvalue weighted by Gasteiger charge is -2.14. The molecule has 0 saturated carbocycles. The van der Waals surface area contributed by atoms with Gasteiger partial charge in [0, 0.05) is 17.4 Å². The number of nitrogens with zero attached hydrogens (tertiary/aromatic N) is 2. The number of aromatic nitrogens is 2. The van der Waals surface area contributed by atoms with Crippen LogP contribution in [0.4, 0.5) is 0 Å². The second-order valence-corrected chi connectivity index (χ2v) is 4.60. The van der Waals surface area contributed by atoms with Gasteiger partial charge in [-0.15, -0.1) is 11.6 Å². The quantitative estimate of drug-likeness (QED) is 0.744. The predicted octanol–water partition coefficient (Wildman–Crippen LogP) is 2.99. The molecule has 1 aromatic heterocycles. The minimum atomic E-state index is 0.0480. The highest BCUT2D eigenvalue weighted by Gasteiger charge is 2.14. The molecule has 84 valence electrons. The molecule has 0 saturated heterocycles. The van der Waals surface area contributed by atoms with Crippen LogP contribution in [0.2, 0.25) is 0 Å². The highest BCUT2D eigenvalue weighted by Crippen LogP contribution is 2.23. The molecule has 1 heterocycles. The summed E-state index contributed by atoms with van der Waals surface area (Å²) in [6.07, 6.45) is 1.64. The molecule has 15 heavy (non-hydrogen) atoms. The summed E-state index contributed by atoms with van der Waals surface area (Å²) in [5, 5.41) is 0.0480. The van der Waals surface area contributed by atoms with Crippen LogP contribution in [0.5, 0.6) is 5.88 Å². The Hall–Kier alpha value is -0.830. The first-order valence-corrected chi connectivity index (χ1v) is 5.57. The fraction of sp³-hybridized carbons (Fsp3) is 0.636. The maximum atomic E-state index is 6.02.